The lowest BCUT2D eigenvalue weighted by Crippen LogP contribution is -2.43. The Kier molecular flexibility index (Phi) is 17.7. The number of aryl methyl sites for hydroxylation is 2. The molecule has 2 heterocycles. The topological polar surface area (TPSA) is 172 Å². The molecule has 2 aliphatic heterocycles. The number of alkyl halides is 5. The van der Waals surface area contributed by atoms with Gasteiger partial charge in [0.25, 0.3) is 0 Å². The van der Waals surface area contributed by atoms with E-state index in [4.69, 9.17) is 32.1 Å². The smallest absolute Gasteiger partial charge is 0.307 e. The molecule has 4 rings (SSSR count). The quantitative estimate of drug-likeness (QED) is 0.245. The van der Waals surface area contributed by atoms with Crippen molar-refractivity contribution in [2.45, 2.75) is 82.1 Å². The number of hydrogen-bond acceptors (Lipinski definition) is 9. The number of halogens is 7. The molecule has 0 unspecified atom stereocenters. The van der Waals surface area contributed by atoms with Crippen LogP contribution in [0.25, 0.3) is 0 Å². The van der Waals surface area contributed by atoms with Gasteiger partial charge in [-0.2, -0.15) is 45.1 Å². The van der Waals surface area contributed by atoms with Crippen molar-refractivity contribution in [3.63, 3.8) is 0 Å². The van der Waals surface area contributed by atoms with Crippen LogP contribution in [0.5, 0.6) is 0 Å². The molecular formula is C29H35F7N2O9S2. The van der Waals surface area contributed by atoms with Gasteiger partial charge in [0, 0.05) is 25.6 Å². The third-order valence-corrected chi connectivity index (χ3v) is 9.73. The average molecular weight is 753 g/mol. The van der Waals surface area contributed by atoms with Gasteiger partial charge in [0.15, 0.2) is 0 Å². The molecule has 49 heavy (non-hydrogen) atoms. The summed E-state index contributed by atoms with van der Waals surface area (Å²) in [5.41, 5.74) is -2.60. The lowest BCUT2D eigenvalue weighted by molar-refractivity contribution is -0.193. The maximum Gasteiger partial charge on any atom is 0.522 e. The van der Waals surface area contributed by atoms with Gasteiger partial charge in [0.2, 0.25) is 10.0 Å². The molecule has 276 valence electrons. The summed E-state index contributed by atoms with van der Waals surface area (Å²) in [5, 5.41) is 3.04. The number of benzene rings is 2. The van der Waals surface area contributed by atoms with Gasteiger partial charge in [-0.25, -0.2) is 26.0 Å². The molecule has 2 N–H and O–H groups in total. The highest BCUT2D eigenvalue weighted by molar-refractivity contribution is 7.90. The van der Waals surface area contributed by atoms with Gasteiger partial charge in [-0.15, -0.1) is 0 Å². The molecule has 2 aliphatic rings. The van der Waals surface area contributed by atoms with E-state index < -0.39 is 54.6 Å². The van der Waals surface area contributed by atoms with Crippen molar-refractivity contribution in [2.75, 3.05) is 13.1 Å². The first-order valence-electron chi connectivity index (χ1n) is 13.8. The van der Waals surface area contributed by atoms with Gasteiger partial charge < -0.3 is 5.32 Å². The highest BCUT2D eigenvalue weighted by Crippen LogP contribution is 2.39. The summed E-state index contributed by atoms with van der Waals surface area (Å²) in [5.74, 6) is -0.676. The molecule has 0 aromatic heterocycles. The van der Waals surface area contributed by atoms with Crippen molar-refractivity contribution in [2.24, 2.45) is 0 Å². The summed E-state index contributed by atoms with van der Waals surface area (Å²) >= 11 is 0. The van der Waals surface area contributed by atoms with Gasteiger partial charge in [-0.1, -0.05) is 12.1 Å². The van der Waals surface area contributed by atoms with Crippen LogP contribution >= 0.6 is 0 Å². The summed E-state index contributed by atoms with van der Waals surface area (Å²) in [6.45, 7) is 8.54. The Morgan fingerprint density at radius 2 is 1.18 bits per heavy atom. The number of carbonyl (C=O) groups excluding carboxylic acids is 4. The zero-order chi connectivity index (χ0) is 38.5. The summed E-state index contributed by atoms with van der Waals surface area (Å²) in [7, 11) is -9.50. The highest BCUT2D eigenvalue weighted by atomic mass is 32.2. The van der Waals surface area contributed by atoms with Gasteiger partial charge in [0.1, 0.15) is 24.0 Å². The van der Waals surface area contributed by atoms with Crippen LogP contribution in [0, 0.1) is 25.5 Å². The minimum Gasteiger partial charge on any atom is -0.307 e. The molecule has 0 spiro atoms. The molecule has 2 fully saturated rings. The lowest BCUT2D eigenvalue weighted by Gasteiger charge is -2.31. The van der Waals surface area contributed by atoms with E-state index in [1.807, 2.05) is 13.0 Å². The fourth-order valence-electron chi connectivity index (χ4n) is 4.55. The Hall–Kier alpha value is -3.51. The van der Waals surface area contributed by atoms with Crippen LogP contribution in [-0.4, -0.2) is 73.7 Å². The Morgan fingerprint density at radius 3 is 1.53 bits per heavy atom. The zero-order valence-corrected chi connectivity index (χ0v) is 28.4. The van der Waals surface area contributed by atoms with Crippen LogP contribution in [0.3, 0.4) is 0 Å². The Bertz CT molecular complexity index is 1620. The average Bonchev–Trinajstić information content (AvgIpc) is 3.53. The van der Waals surface area contributed by atoms with Crippen LogP contribution in [0.15, 0.2) is 36.4 Å². The van der Waals surface area contributed by atoms with E-state index in [-0.39, 0.29) is 37.1 Å². The highest BCUT2D eigenvalue weighted by Gasteiger charge is 2.46. The molecule has 2 saturated heterocycles. The van der Waals surface area contributed by atoms with Crippen LogP contribution in [0.1, 0.15) is 68.0 Å². The third-order valence-electron chi connectivity index (χ3n) is 6.57. The van der Waals surface area contributed by atoms with Crippen molar-refractivity contribution in [1.82, 2.24) is 9.62 Å². The first-order chi connectivity index (χ1) is 22.2. The van der Waals surface area contributed by atoms with Crippen molar-refractivity contribution in [3.8, 4) is 0 Å². The molecule has 11 nitrogen and oxygen atoms in total. The van der Waals surface area contributed by atoms with Crippen LogP contribution in [-0.2, 0) is 39.3 Å². The third kappa shape index (κ3) is 14.9. The maximum absolute atomic E-state index is 13.8. The van der Waals surface area contributed by atoms with Gasteiger partial charge in [-0.05, 0) is 87.6 Å². The summed E-state index contributed by atoms with van der Waals surface area (Å²) in [6, 6.07) is 8.57. The summed E-state index contributed by atoms with van der Waals surface area (Å²) in [6.07, 6.45) is -1.01. The van der Waals surface area contributed by atoms with E-state index in [9.17, 15) is 39.2 Å². The van der Waals surface area contributed by atoms with E-state index in [2.05, 4.69) is 5.32 Å². The normalized spacial score (nSPS) is 20.8. The fraction of sp³-hybridized carbons (Fsp3) is 0.517. The van der Waals surface area contributed by atoms with E-state index in [1.165, 1.54) is 28.6 Å². The predicted octanol–water partition coefficient (Wildman–Crippen LogP) is 5.08. The number of hydrogen-bond donors (Lipinski definition) is 2. The van der Waals surface area contributed by atoms with Crippen molar-refractivity contribution < 1.29 is 71.3 Å². The largest absolute Gasteiger partial charge is 0.522 e. The Balaban J connectivity index is 0.000000707. The lowest BCUT2D eigenvalue weighted by atomic mass is 10.0. The van der Waals surface area contributed by atoms with Gasteiger partial charge in [-0.3, -0.25) is 4.55 Å². The summed E-state index contributed by atoms with van der Waals surface area (Å²) < 4.78 is 136. The Morgan fingerprint density at radius 1 is 0.776 bits per heavy atom. The zero-order valence-electron chi connectivity index (χ0n) is 26.7. The predicted molar refractivity (Wildman–Crippen MR) is 158 cm³/mol. The molecule has 0 aliphatic carbocycles. The molecule has 2 aromatic carbocycles. The van der Waals surface area contributed by atoms with Crippen molar-refractivity contribution in [3.05, 3.63) is 70.3 Å². The van der Waals surface area contributed by atoms with Crippen LogP contribution in [0.2, 0.25) is 0 Å². The van der Waals surface area contributed by atoms with E-state index >= 15 is 0 Å². The number of nitrogens with zero attached hydrogens (tertiary/aromatic N) is 1. The number of sulfonamides is 1. The molecular weight excluding hydrogens is 717 g/mol. The van der Waals surface area contributed by atoms with Gasteiger partial charge >= 0.3 is 27.9 Å². The second-order valence-electron chi connectivity index (χ2n) is 11.5. The fourth-order valence-corrected chi connectivity index (χ4v) is 6.15. The van der Waals surface area contributed by atoms with E-state index in [0.29, 0.717) is 24.1 Å². The number of nitrogens with one attached hydrogen (secondary N) is 1. The van der Waals surface area contributed by atoms with Crippen molar-refractivity contribution in [1.29, 1.82) is 0 Å². The van der Waals surface area contributed by atoms with Crippen LogP contribution < -0.4 is 5.32 Å². The molecule has 2 aromatic rings. The minimum absolute atomic E-state index is 0.0283. The monoisotopic (exact) mass is 752 g/mol. The second-order valence-corrected chi connectivity index (χ2v) is 15.6. The first-order valence-corrected chi connectivity index (χ1v) is 16.7. The van der Waals surface area contributed by atoms with Crippen molar-refractivity contribution >= 4 is 32.4 Å². The number of rotatable bonds is 3. The SMILES string of the molecule is Cc1cc(F)cc([C@H]2C[C@H](F)CN2)c1.Cc1cc(F)cc([C@H]2C[C@H](F)CN2S(=O)(=O)C(C)(C)C)c1.O=C=O.O=C=O.O=S(=O)(O)C(F)(F)F. The Labute approximate surface area is 278 Å². The summed E-state index contributed by atoms with van der Waals surface area (Å²) in [4.78, 5) is 32.5. The molecule has 4 atom stereocenters. The maximum atomic E-state index is 13.8. The molecule has 20 heteroatoms. The standard InChI is InChI=1S/C15H21F2NO2S.C11H13F2N.CHF3O3S.2CO2/c1-10-5-11(7-12(16)6-10)14-8-13(17)9-18(14)21(19,20)15(2,3)4;1-7-2-8(4-9(12)3-7)11-5-10(13)6-14-11;2-1(3,4)8(5,6)7;2*2-1-3/h5-7,13-14H,8-9H2,1-4H3;2-4,10-11,14H,5-6H2,1H3;(H,5,6,7);;/t13-,14+;10-,11+;;;/m00.../s1. The van der Waals surface area contributed by atoms with E-state index in [1.54, 1.807) is 33.8 Å². The molecule has 0 radical (unpaired) electrons. The molecule has 0 saturated carbocycles. The molecule has 0 amide bonds. The molecule has 0 bridgehead atoms. The van der Waals surface area contributed by atoms with Crippen LogP contribution in [0.4, 0.5) is 30.7 Å². The first kappa shape index (κ1) is 45.5. The minimum atomic E-state index is -5.84. The van der Waals surface area contributed by atoms with E-state index in [0.717, 1.165) is 11.1 Å². The second kappa shape index (κ2) is 19.0. The van der Waals surface area contributed by atoms with Gasteiger partial charge in [0.05, 0.1) is 10.8 Å².